The monoisotopic (exact) mass is 234 g/mol. The summed E-state index contributed by atoms with van der Waals surface area (Å²) in [7, 11) is 0. The number of rotatable bonds is 4. The predicted molar refractivity (Wildman–Crippen MR) is 74.0 cm³/mol. The number of hydrogen-bond acceptors (Lipinski definition) is 4. The van der Waals surface area contributed by atoms with Crippen molar-refractivity contribution >= 4 is 17.1 Å². The van der Waals surface area contributed by atoms with Crippen LogP contribution in [0.2, 0.25) is 0 Å². The van der Waals surface area contributed by atoms with E-state index in [0.29, 0.717) is 11.4 Å². The molecule has 1 aliphatic rings. The normalized spacial score (nSPS) is 16.9. The molecule has 1 aromatic rings. The van der Waals surface area contributed by atoms with Gasteiger partial charge in [-0.3, -0.25) is 0 Å². The molecule has 0 bridgehead atoms. The molecule has 4 nitrogen and oxygen atoms in total. The molecule has 0 unspecified atom stereocenters. The van der Waals surface area contributed by atoms with Gasteiger partial charge in [-0.1, -0.05) is 6.42 Å². The standard InChI is InChI=1S/C13H22N4/c14-12-5-4-11(10-13(12)15)16-6-9-17-7-2-1-3-8-17/h4-5,10,16H,1-3,6-9,14-15H2. The lowest BCUT2D eigenvalue weighted by molar-refractivity contribution is 0.237. The van der Waals surface area contributed by atoms with E-state index in [0.717, 1.165) is 18.8 Å². The number of piperidine rings is 1. The van der Waals surface area contributed by atoms with Gasteiger partial charge in [-0.15, -0.1) is 0 Å². The molecule has 2 rings (SSSR count). The Morgan fingerprint density at radius 2 is 1.82 bits per heavy atom. The van der Waals surface area contributed by atoms with Crippen molar-refractivity contribution in [1.29, 1.82) is 0 Å². The molecule has 17 heavy (non-hydrogen) atoms. The number of anilines is 3. The summed E-state index contributed by atoms with van der Waals surface area (Å²) in [6, 6.07) is 5.71. The lowest BCUT2D eigenvalue weighted by Gasteiger charge is -2.26. The Morgan fingerprint density at radius 3 is 2.53 bits per heavy atom. The van der Waals surface area contributed by atoms with Crippen molar-refractivity contribution in [3.05, 3.63) is 18.2 Å². The molecule has 1 heterocycles. The van der Waals surface area contributed by atoms with Crippen LogP contribution in [-0.4, -0.2) is 31.1 Å². The van der Waals surface area contributed by atoms with Gasteiger partial charge in [-0.05, 0) is 44.1 Å². The average Bonchev–Trinajstić information content (AvgIpc) is 2.35. The van der Waals surface area contributed by atoms with E-state index in [4.69, 9.17) is 11.5 Å². The fourth-order valence-electron chi connectivity index (χ4n) is 2.23. The molecule has 5 N–H and O–H groups in total. The second-order valence-corrected chi connectivity index (χ2v) is 4.67. The zero-order valence-electron chi connectivity index (χ0n) is 10.3. The van der Waals surface area contributed by atoms with Crippen molar-refractivity contribution in [1.82, 2.24) is 4.90 Å². The minimum atomic E-state index is 0.645. The van der Waals surface area contributed by atoms with Crippen molar-refractivity contribution in [2.45, 2.75) is 19.3 Å². The van der Waals surface area contributed by atoms with E-state index in [9.17, 15) is 0 Å². The average molecular weight is 234 g/mol. The second kappa shape index (κ2) is 5.77. The summed E-state index contributed by atoms with van der Waals surface area (Å²) in [4.78, 5) is 2.51. The van der Waals surface area contributed by atoms with Crippen molar-refractivity contribution in [2.75, 3.05) is 43.0 Å². The molecular formula is C13H22N4. The highest BCUT2D eigenvalue weighted by atomic mass is 15.1. The zero-order valence-corrected chi connectivity index (χ0v) is 10.3. The molecule has 1 aromatic carbocycles. The van der Waals surface area contributed by atoms with E-state index in [1.54, 1.807) is 0 Å². The maximum atomic E-state index is 5.76. The summed E-state index contributed by atoms with van der Waals surface area (Å²) in [5, 5.41) is 3.38. The number of nitrogen functional groups attached to an aromatic ring is 2. The van der Waals surface area contributed by atoms with Crippen molar-refractivity contribution in [3.63, 3.8) is 0 Å². The van der Waals surface area contributed by atoms with E-state index in [2.05, 4.69) is 10.2 Å². The lowest BCUT2D eigenvalue weighted by atomic mass is 10.1. The first kappa shape index (κ1) is 12.0. The Bertz CT molecular complexity index is 358. The summed E-state index contributed by atoms with van der Waals surface area (Å²) in [6.45, 7) is 4.55. The summed E-state index contributed by atoms with van der Waals surface area (Å²) in [6.07, 6.45) is 4.07. The lowest BCUT2D eigenvalue weighted by Crippen LogP contribution is -2.33. The molecule has 1 fully saturated rings. The topological polar surface area (TPSA) is 67.3 Å². The van der Waals surface area contributed by atoms with Crippen LogP contribution in [0.4, 0.5) is 17.1 Å². The molecule has 0 spiro atoms. The third-order valence-electron chi connectivity index (χ3n) is 3.29. The summed E-state index contributed by atoms with van der Waals surface area (Å²) in [5.74, 6) is 0. The molecule has 1 aliphatic heterocycles. The van der Waals surface area contributed by atoms with E-state index < -0.39 is 0 Å². The molecule has 0 saturated carbocycles. The Balaban J connectivity index is 1.75. The molecule has 0 radical (unpaired) electrons. The summed E-state index contributed by atoms with van der Waals surface area (Å²) in [5.41, 5.74) is 13.8. The van der Waals surface area contributed by atoms with Crippen LogP contribution in [-0.2, 0) is 0 Å². The number of likely N-dealkylation sites (tertiary alicyclic amines) is 1. The number of hydrogen-bond donors (Lipinski definition) is 3. The molecule has 0 atom stereocenters. The maximum absolute atomic E-state index is 5.76. The Kier molecular flexibility index (Phi) is 4.09. The zero-order chi connectivity index (χ0) is 12.1. The smallest absolute Gasteiger partial charge is 0.0568 e. The van der Waals surface area contributed by atoms with Gasteiger partial charge in [0.25, 0.3) is 0 Å². The molecule has 0 aliphatic carbocycles. The van der Waals surface area contributed by atoms with Gasteiger partial charge in [0.15, 0.2) is 0 Å². The molecule has 94 valence electrons. The van der Waals surface area contributed by atoms with Gasteiger partial charge >= 0.3 is 0 Å². The summed E-state index contributed by atoms with van der Waals surface area (Å²) < 4.78 is 0. The van der Waals surface area contributed by atoms with Crippen LogP contribution < -0.4 is 16.8 Å². The second-order valence-electron chi connectivity index (χ2n) is 4.67. The minimum absolute atomic E-state index is 0.645. The van der Waals surface area contributed by atoms with Crippen LogP contribution in [0.25, 0.3) is 0 Å². The Hall–Kier alpha value is -1.42. The van der Waals surface area contributed by atoms with Crippen molar-refractivity contribution < 1.29 is 0 Å². The van der Waals surface area contributed by atoms with Gasteiger partial charge in [0.1, 0.15) is 0 Å². The van der Waals surface area contributed by atoms with Crippen LogP contribution in [0.5, 0.6) is 0 Å². The maximum Gasteiger partial charge on any atom is 0.0568 e. The minimum Gasteiger partial charge on any atom is -0.397 e. The van der Waals surface area contributed by atoms with Gasteiger partial charge in [-0.25, -0.2) is 0 Å². The van der Waals surface area contributed by atoms with Gasteiger partial charge in [0.2, 0.25) is 0 Å². The largest absolute Gasteiger partial charge is 0.397 e. The predicted octanol–water partition coefficient (Wildman–Crippen LogP) is 1.75. The van der Waals surface area contributed by atoms with Crippen LogP contribution in [0, 0.1) is 0 Å². The first-order chi connectivity index (χ1) is 8.25. The number of nitrogens with two attached hydrogens (primary N) is 2. The van der Waals surface area contributed by atoms with E-state index in [1.807, 2.05) is 18.2 Å². The molecule has 0 amide bonds. The third kappa shape index (κ3) is 3.53. The fourth-order valence-corrected chi connectivity index (χ4v) is 2.23. The first-order valence-corrected chi connectivity index (χ1v) is 6.37. The van der Waals surface area contributed by atoms with Crippen molar-refractivity contribution in [3.8, 4) is 0 Å². The van der Waals surface area contributed by atoms with Gasteiger partial charge in [0, 0.05) is 18.8 Å². The van der Waals surface area contributed by atoms with Crippen LogP contribution in [0.3, 0.4) is 0 Å². The van der Waals surface area contributed by atoms with E-state index in [1.165, 1.54) is 32.4 Å². The van der Waals surface area contributed by atoms with Gasteiger partial charge in [0.05, 0.1) is 11.4 Å². The van der Waals surface area contributed by atoms with Gasteiger partial charge in [-0.2, -0.15) is 0 Å². The highest BCUT2D eigenvalue weighted by Gasteiger charge is 2.08. The SMILES string of the molecule is Nc1ccc(NCCN2CCCCC2)cc1N. The molecule has 4 heteroatoms. The van der Waals surface area contributed by atoms with Crippen molar-refractivity contribution in [2.24, 2.45) is 0 Å². The number of nitrogens with one attached hydrogen (secondary N) is 1. The number of benzene rings is 1. The fraction of sp³-hybridized carbons (Fsp3) is 0.538. The molecule has 0 aromatic heterocycles. The highest BCUT2D eigenvalue weighted by Crippen LogP contribution is 2.19. The molecule has 1 saturated heterocycles. The van der Waals surface area contributed by atoms with Gasteiger partial charge < -0.3 is 21.7 Å². The summed E-state index contributed by atoms with van der Waals surface area (Å²) >= 11 is 0. The van der Waals surface area contributed by atoms with Crippen LogP contribution in [0.1, 0.15) is 19.3 Å². The van der Waals surface area contributed by atoms with Crippen LogP contribution >= 0.6 is 0 Å². The Morgan fingerprint density at radius 1 is 1.06 bits per heavy atom. The highest BCUT2D eigenvalue weighted by molar-refractivity contribution is 5.69. The van der Waals surface area contributed by atoms with E-state index >= 15 is 0 Å². The van der Waals surface area contributed by atoms with Crippen LogP contribution in [0.15, 0.2) is 18.2 Å². The van der Waals surface area contributed by atoms with E-state index in [-0.39, 0.29) is 0 Å². The third-order valence-corrected chi connectivity index (χ3v) is 3.29. The number of nitrogens with zero attached hydrogens (tertiary/aromatic N) is 1. The quantitative estimate of drug-likeness (QED) is 0.694. The molecular weight excluding hydrogens is 212 g/mol. The Labute approximate surface area is 103 Å². The first-order valence-electron chi connectivity index (χ1n) is 6.37.